The first-order chi connectivity index (χ1) is 11.9. The fourth-order valence-electron chi connectivity index (χ4n) is 2.20. The molecule has 0 aliphatic heterocycles. The maximum absolute atomic E-state index is 12.1. The Morgan fingerprint density at radius 2 is 1.96 bits per heavy atom. The van der Waals surface area contributed by atoms with Gasteiger partial charge in [0, 0.05) is 17.2 Å². The summed E-state index contributed by atoms with van der Waals surface area (Å²) in [6.45, 7) is 5.72. The normalized spacial score (nSPS) is 10.3. The minimum atomic E-state index is -0.533. The van der Waals surface area contributed by atoms with Crippen LogP contribution in [0.1, 0.15) is 22.4 Å². The van der Waals surface area contributed by atoms with Crippen LogP contribution in [0.25, 0.3) is 0 Å². The summed E-state index contributed by atoms with van der Waals surface area (Å²) in [7, 11) is 0. The standard InChI is InChI=1S/C18H20N4O2S/c1-12-4-6-15(7-5-12)25-9-8-20-17(23)11-22-18(24)16(10-19)13(2)14(3)21-22/h4-7H,8-9,11H2,1-3H3,(H,20,23). The van der Waals surface area contributed by atoms with E-state index in [9.17, 15) is 9.59 Å². The number of nitriles is 1. The number of aromatic nitrogens is 2. The average molecular weight is 356 g/mol. The Morgan fingerprint density at radius 3 is 2.60 bits per heavy atom. The number of thioether (sulfide) groups is 1. The maximum Gasteiger partial charge on any atom is 0.285 e. The van der Waals surface area contributed by atoms with E-state index in [1.165, 1.54) is 5.56 Å². The minimum Gasteiger partial charge on any atom is -0.354 e. The molecule has 0 bridgehead atoms. The maximum atomic E-state index is 12.1. The summed E-state index contributed by atoms with van der Waals surface area (Å²) in [5.41, 5.74) is 1.84. The molecule has 1 amide bonds. The van der Waals surface area contributed by atoms with Gasteiger partial charge in [0.15, 0.2) is 0 Å². The Labute approximate surface area is 150 Å². The van der Waals surface area contributed by atoms with Gasteiger partial charge in [-0.05, 0) is 38.5 Å². The van der Waals surface area contributed by atoms with Crippen LogP contribution < -0.4 is 10.9 Å². The first-order valence-corrected chi connectivity index (χ1v) is 8.85. The van der Waals surface area contributed by atoms with Gasteiger partial charge in [0.1, 0.15) is 18.2 Å². The predicted molar refractivity (Wildman–Crippen MR) is 97.6 cm³/mol. The Bertz CT molecular complexity index is 866. The smallest absolute Gasteiger partial charge is 0.285 e. The van der Waals surface area contributed by atoms with Crippen molar-refractivity contribution < 1.29 is 4.79 Å². The van der Waals surface area contributed by atoms with E-state index in [1.54, 1.807) is 25.6 Å². The summed E-state index contributed by atoms with van der Waals surface area (Å²) in [5.74, 6) is 0.430. The van der Waals surface area contributed by atoms with Gasteiger partial charge in [-0.3, -0.25) is 9.59 Å². The summed E-state index contributed by atoms with van der Waals surface area (Å²) >= 11 is 1.65. The highest BCUT2D eigenvalue weighted by Crippen LogP contribution is 2.17. The molecule has 2 rings (SSSR count). The molecular weight excluding hydrogens is 336 g/mol. The number of aryl methyl sites for hydroxylation is 2. The third-order valence-electron chi connectivity index (χ3n) is 3.76. The average Bonchev–Trinajstić information content (AvgIpc) is 2.59. The SMILES string of the molecule is Cc1ccc(SCCNC(=O)Cn2nc(C)c(C)c(C#N)c2=O)cc1. The number of hydrogen-bond acceptors (Lipinski definition) is 5. The van der Waals surface area contributed by atoms with Crippen molar-refractivity contribution in [3.8, 4) is 6.07 Å². The molecule has 1 aromatic carbocycles. The van der Waals surface area contributed by atoms with Crippen LogP contribution in [-0.2, 0) is 11.3 Å². The lowest BCUT2D eigenvalue weighted by Crippen LogP contribution is -2.36. The second-order valence-electron chi connectivity index (χ2n) is 5.67. The highest BCUT2D eigenvalue weighted by molar-refractivity contribution is 7.99. The molecule has 0 saturated carbocycles. The Hall–Kier alpha value is -2.59. The van der Waals surface area contributed by atoms with Crippen LogP contribution in [0, 0.1) is 32.1 Å². The summed E-state index contributed by atoms with van der Waals surface area (Å²) in [5, 5.41) is 15.9. The van der Waals surface area contributed by atoms with E-state index in [2.05, 4.69) is 10.4 Å². The van der Waals surface area contributed by atoms with Crippen molar-refractivity contribution in [2.24, 2.45) is 0 Å². The van der Waals surface area contributed by atoms with Crippen molar-refractivity contribution in [3.05, 3.63) is 57.0 Å². The topological polar surface area (TPSA) is 87.8 Å². The van der Waals surface area contributed by atoms with Crippen molar-refractivity contribution in [1.29, 1.82) is 5.26 Å². The molecule has 0 aliphatic rings. The first kappa shape index (κ1) is 18.7. The lowest BCUT2D eigenvalue weighted by molar-refractivity contribution is -0.121. The van der Waals surface area contributed by atoms with Gasteiger partial charge >= 0.3 is 0 Å². The van der Waals surface area contributed by atoms with Crippen molar-refractivity contribution in [2.45, 2.75) is 32.2 Å². The Morgan fingerprint density at radius 1 is 1.28 bits per heavy atom. The van der Waals surface area contributed by atoms with Crippen LogP contribution in [0.3, 0.4) is 0 Å². The molecule has 1 aromatic heterocycles. The van der Waals surface area contributed by atoms with Crippen molar-refractivity contribution in [3.63, 3.8) is 0 Å². The molecule has 6 nitrogen and oxygen atoms in total. The van der Waals surface area contributed by atoms with Crippen LogP contribution >= 0.6 is 11.8 Å². The summed E-state index contributed by atoms with van der Waals surface area (Å²) in [6.07, 6.45) is 0. The van der Waals surface area contributed by atoms with E-state index in [0.717, 1.165) is 15.3 Å². The molecule has 0 fully saturated rings. The number of amides is 1. The van der Waals surface area contributed by atoms with Crippen molar-refractivity contribution in [2.75, 3.05) is 12.3 Å². The molecule has 25 heavy (non-hydrogen) atoms. The summed E-state index contributed by atoms with van der Waals surface area (Å²) in [4.78, 5) is 25.3. The van der Waals surface area contributed by atoms with E-state index in [-0.39, 0.29) is 18.0 Å². The van der Waals surface area contributed by atoms with Crippen LogP contribution in [-0.4, -0.2) is 28.0 Å². The second-order valence-corrected chi connectivity index (χ2v) is 6.84. The fraction of sp³-hybridized carbons (Fsp3) is 0.333. The third-order valence-corrected chi connectivity index (χ3v) is 4.77. The second kappa shape index (κ2) is 8.49. The van der Waals surface area contributed by atoms with E-state index in [1.807, 2.05) is 37.3 Å². The molecule has 2 aromatic rings. The summed E-state index contributed by atoms with van der Waals surface area (Å²) in [6, 6.07) is 10.1. The number of carbonyl (C=O) groups excluding carboxylic acids is 1. The van der Waals surface area contributed by atoms with Gasteiger partial charge in [-0.1, -0.05) is 17.7 Å². The number of benzene rings is 1. The number of nitrogens with zero attached hydrogens (tertiary/aromatic N) is 3. The zero-order valence-electron chi connectivity index (χ0n) is 14.5. The lowest BCUT2D eigenvalue weighted by Gasteiger charge is -2.09. The number of hydrogen-bond donors (Lipinski definition) is 1. The quantitative estimate of drug-likeness (QED) is 0.631. The predicted octanol–water partition coefficient (Wildman–Crippen LogP) is 1.95. The van der Waals surface area contributed by atoms with Crippen LogP contribution in [0.5, 0.6) is 0 Å². The van der Waals surface area contributed by atoms with Crippen LogP contribution in [0.15, 0.2) is 34.0 Å². The molecule has 7 heteroatoms. The Kier molecular flexibility index (Phi) is 6.37. The highest BCUT2D eigenvalue weighted by Gasteiger charge is 2.13. The number of rotatable bonds is 6. The third kappa shape index (κ3) is 4.94. The molecular formula is C18H20N4O2S. The molecule has 0 atom stereocenters. The molecule has 130 valence electrons. The van der Waals surface area contributed by atoms with Gasteiger partial charge in [-0.2, -0.15) is 10.4 Å². The molecule has 1 heterocycles. The summed E-state index contributed by atoms with van der Waals surface area (Å²) < 4.78 is 1.04. The molecule has 0 unspecified atom stereocenters. The lowest BCUT2D eigenvalue weighted by atomic mass is 10.1. The van der Waals surface area contributed by atoms with Gasteiger partial charge in [0.2, 0.25) is 5.91 Å². The zero-order chi connectivity index (χ0) is 18.4. The van der Waals surface area contributed by atoms with Crippen molar-refractivity contribution in [1.82, 2.24) is 15.1 Å². The largest absolute Gasteiger partial charge is 0.354 e. The minimum absolute atomic E-state index is 0.0372. The van der Waals surface area contributed by atoms with Gasteiger partial charge in [0.05, 0.1) is 5.69 Å². The first-order valence-electron chi connectivity index (χ1n) is 7.87. The zero-order valence-corrected chi connectivity index (χ0v) is 15.3. The van der Waals surface area contributed by atoms with Crippen LogP contribution in [0.2, 0.25) is 0 Å². The highest BCUT2D eigenvalue weighted by atomic mass is 32.2. The Balaban J connectivity index is 1.89. The fourth-order valence-corrected chi connectivity index (χ4v) is 2.96. The van der Waals surface area contributed by atoms with Crippen LogP contribution in [0.4, 0.5) is 0 Å². The monoisotopic (exact) mass is 356 g/mol. The molecule has 0 radical (unpaired) electrons. The van der Waals surface area contributed by atoms with Gasteiger partial charge in [-0.15, -0.1) is 11.8 Å². The molecule has 0 aliphatic carbocycles. The van der Waals surface area contributed by atoms with Crippen molar-refractivity contribution >= 4 is 17.7 Å². The van der Waals surface area contributed by atoms with E-state index < -0.39 is 5.56 Å². The van der Waals surface area contributed by atoms with E-state index >= 15 is 0 Å². The molecule has 0 spiro atoms. The van der Waals surface area contributed by atoms with Gasteiger partial charge in [0.25, 0.3) is 5.56 Å². The van der Waals surface area contributed by atoms with Gasteiger partial charge < -0.3 is 5.32 Å². The molecule has 0 saturated heterocycles. The van der Waals surface area contributed by atoms with E-state index in [0.29, 0.717) is 17.8 Å². The number of nitrogens with one attached hydrogen (secondary N) is 1. The number of carbonyl (C=O) groups is 1. The van der Waals surface area contributed by atoms with Gasteiger partial charge in [-0.25, -0.2) is 4.68 Å². The van der Waals surface area contributed by atoms with E-state index in [4.69, 9.17) is 5.26 Å². The molecule has 1 N–H and O–H groups in total.